The van der Waals surface area contributed by atoms with E-state index in [9.17, 15) is 8.78 Å². The second kappa shape index (κ2) is 6.45. The third kappa shape index (κ3) is 3.90. The van der Waals surface area contributed by atoms with Crippen molar-refractivity contribution in [3.8, 4) is 5.75 Å². The zero-order chi connectivity index (χ0) is 13.0. The van der Waals surface area contributed by atoms with E-state index in [0.717, 1.165) is 25.2 Å². The predicted octanol–water partition coefficient (Wildman–Crippen LogP) is 2.93. The summed E-state index contributed by atoms with van der Waals surface area (Å²) in [6.07, 6.45) is 1.01. The molecular formula is C12H14BrF2NO2. The number of hydrogen-bond acceptors (Lipinski definition) is 3. The number of rotatable bonds is 5. The smallest absolute Gasteiger partial charge is 0.387 e. The van der Waals surface area contributed by atoms with Crippen LogP contribution in [-0.4, -0.2) is 25.9 Å². The maximum atomic E-state index is 12.1. The molecule has 1 heterocycles. The Morgan fingerprint density at radius 3 is 2.94 bits per heavy atom. The van der Waals surface area contributed by atoms with E-state index in [4.69, 9.17) is 4.74 Å². The van der Waals surface area contributed by atoms with Crippen LogP contribution in [0.15, 0.2) is 22.7 Å². The summed E-state index contributed by atoms with van der Waals surface area (Å²) in [5.41, 5.74) is 1.01. The molecule has 0 aliphatic carbocycles. The molecule has 1 aliphatic rings. The first-order chi connectivity index (χ1) is 8.65. The average Bonchev–Trinajstić information content (AvgIpc) is 2.82. The van der Waals surface area contributed by atoms with Crippen molar-refractivity contribution in [2.24, 2.45) is 0 Å². The van der Waals surface area contributed by atoms with E-state index in [-0.39, 0.29) is 5.75 Å². The molecule has 1 aromatic carbocycles. The van der Waals surface area contributed by atoms with Crippen LogP contribution in [0.3, 0.4) is 0 Å². The lowest BCUT2D eigenvalue weighted by Crippen LogP contribution is -2.28. The molecule has 2 rings (SSSR count). The van der Waals surface area contributed by atoms with E-state index in [1.54, 1.807) is 18.2 Å². The van der Waals surface area contributed by atoms with Crippen molar-refractivity contribution in [3.63, 3.8) is 0 Å². The molecule has 1 atom stereocenters. The fraction of sp³-hybridized carbons (Fsp3) is 0.500. The highest BCUT2D eigenvalue weighted by Crippen LogP contribution is 2.27. The molecule has 100 valence electrons. The SMILES string of the molecule is FC(F)Oc1ccc(CNC2CCOC2)cc1Br. The van der Waals surface area contributed by atoms with Gasteiger partial charge in [0, 0.05) is 19.2 Å². The summed E-state index contributed by atoms with van der Waals surface area (Å²) in [5, 5.41) is 3.35. The van der Waals surface area contributed by atoms with Crippen molar-refractivity contribution < 1.29 is 18.3 Å². The predicted molar refractivity (Wildman–Crippen MR) is 66.8 cm³/mol. The molecule has 1 saturated heterocycles. The molecule has 1 unspecified atom stereocenters. The Bertz CT molecular complexity index is 398. The van der Waals surface area contributed by atoms with Gasteiger partial charge in [-0.3, -0.25) is 0 Å². The molecule has 0 bridgehead atoms. The molecule has 1 aliphatic heterocycles. The highest BCUT2D eigenvalue weighted by molar-refractivity contribution is 9.10. The fourth-order valence-corrected chi connectivity index (χ4v) is 2.32. The van der Waals surface area contributed by atoms with Crippen molar-refractivity contribution in [3.05, 3.63) is 28.2 Å². The van der Waals surface area contributed by atoms with Crippen molar-refractivity contribution >= 4 is 15.9 Å². The summed E-state index contributed by atoms with van der Waals surface area (Å²) in [6.45, 7) is -0.599. The van der Waals surface area contributed by atoms with Crippen LogP contribution in [0.5, 0.6) is 5.75 Å². The number of benzene rings is 1. The maximum absolute atomic E-state index is 12.1. The second-order valence-electron chi connectivity index (χ2n) is 4.08. The van der Waals surface area contributed by atoms with Crippen LogP contribution in [0.25, 0.3) is 0 Å². The van der Waals surface area contributed by atoms with Gasteiger partial charge < -0.3 is 14.8 Å². The Labute approximate surface area is 113 Å². The third-order valence-electron chi connectivity index (χ3n) is 2.74. The first-order valence-electron chi connectivity index (χ1n) is 5.69. The van der Waals surface area contributed by atoms with Gasteiger partial charge in [0.2, 0.25) is 0 Å². The summed E-state index contributed by atoms with van der Waals surface area (Å²) in [7, 11) is 0. The molecule has 0 amide bonds. The van der Waals surface area contributed by atoms with Gasteiger partial charge in [-0.2, -0.15) is 8.78 Å². The Morgan fingerprint density at radius 1 is 1.50 bits per heavy atom. The van der Waals surface area contributed by atoms with E-state index in [1.165, 1.54) is 0 Å². The highest BCUT2D eigenvalue weighted by atomic mass is 79.9. The summed E-state index contributed by atoms with van der Waals surface area (Å²) >= 11 is 3.22. The standard InChI is InChI=1S/C12H14BrF2NO2/c13-10-5-8(1-2-11(10)18-12(14)15)6-16-9-3-4-17-7-9/h1-2,5,9,12,16H,3-4,6-7H2. The summed E-state index contributed by atoms with van der Waals surface area (Å²) in [5.74, 6) is 0.151. The summed E-state index contributed by atoms with van der Waals surface area (Å²) in [6, 6.07) is 5.46. The number of alkyl halides is 2. The summed E-state index contributed by atoms with van der Waals surface area (Å²) < 4.78 is 34.3. The van der Waals surface area contributed by atoms with E-state index in [2.05, 4.69) is 26.0 Å². The van der Waals surface area contributed by atoms with Gasteiger partial charge in [0.05, 0.1) is 11.1 Å². The monoisotopic (exact) mass is 321 g/mol. The van der Waals surface area contributed by atoms with Gasteiger partial charge in [-0.25, -0.2) is 0 Å². The molecule has 1 N–H and O–H groups in total. The van der Waals surface area contributed by atoms with Crippen molar-refractivity contribution in [2.45, 2.75) is 25.6 Å². The number of halogens is 3. The average molecular weight is 322 g/mol. The minimum atomic E-state index is -2.80. The van der Waals surface area contributed by atoms with Gasteiger partial charge in [0.1, 0.15) is 5.75 Å². The van der Waals surface area contributed by atoms with Crippen LogP contribution in [0, 0.1) is 0 Å². The van der Waals surface area contributed by atoms with E-state index < -0.39 is 6.61 Å². The number of nitrogens with one attached hydrogen (secondary N) is 1. The first kappa shape index (κ1) is 13.7. The molecule has 18 heavy (non-hydrogen) atoms. The lowest BCUT2D eigenvalue weighted by atomic mass is 10.2. The van der Waals surface area contributed by atoms with Crippen LogP contribution >= 0.6 is 15.9 Å². The molecule has 0 radical (unpaired) electrons. The minimum Gasteiger partial charge on any atom is -0.434 e. The number of hydrogen-bond donors (Lipinski definition) is 1. The molecule has 1 fully saturated rings. The topological polar surface area (TPSA) is 30.5 Å². The second-order valence-corrected chi connectivity index (χ2v) is 4.94. The van der Waals surface area contributed by atoms with E-state index >= 15 is 0 Å². The van der Waals surface area contributed by atoms with Crippen LogP contribution in [0.1, 0.15) is 12.0 Å². The lowest BCUT2D eigenvalue weighted by Gasteiger charge is -2.12. The lowest BCUT2D eigenvalue weighted by molar-refractivity contribution is -0.0503. The van der Waals surface area contributed by atoms with Gasteiger partial charge in [0.15, 0.2) is 0 Å². The number of ether oxygens (including phenoxy) is 2. The Morgan fingerprint density at radius 2 is 2.33 bits per heavy atom. The van der Waals surface area contributed by atoms with Crippen molar-refractivity contribution in [2.75, 3.05) is 13.2 Å². The Kier molecular flexibility index (Phi) is 4.91. The third-order valence-corrected chi connectivity index (χ3v) is 3.36. The molecule has 1 aromatic rings. The fourth-order valence-electron chi connectivity index (χ4n) is 1.80. The van der Waals surface area contributed by atoms with Gasteiger partial charge in [-0.05, 0) is 40.0 Å². The maximum Gasteiger partial charge on any atom is 0.387 e. The van der Waals surface area contributed by atoms with Gasteiger partial charge in [-0.1, -0.05) is 6.07 Å². The molecule has 0 saturated carbocycles. The van der Waals surface area contributed by atoms with Crippen molar-refractivity contribution in [1.82, 2.24) is 5.32 Å². The van der Waals surface area contributed by atoms with Gasteiger partial charge in [0.25, 0.3) is 0 Å². The molecule has 0 spiro atoms. The normalized spacial score (nSPS) is 19.4. The molecule has 0 aromatic heterocycles. The van der Waals surface area contributed by atoms with E-state index in [0.29, 0.717) is 17.1 Å². The van der Waals surface area contributed by atoms with Crippen LogP contribution in [-0.2, 0) is 11.3 Å². The molecular weight excluding hydrogens is 308 g/mol. The quantitative estimate of drug-likeness (QED) is 0.904. The molecule has 6 heteroatoms. The minimum absolute atomic E-state index is 0.151. The largest absolute Gasteiger partial charge is 0.434 e. The molecule has 3 nitrogen and oxygen atoms in total. The van der Waals surface area contributed by atoms with Crippen LogP contribution < -0.4 is 10.1 Å². The zero-order valence-electron chi connectivity index (χ0n) is 9.67. The van der Waals surface area contributed by atoms with Gasteiger partial charge in [-0.15, -0.1) is 0 Å². The highest BCUT2D eigenvalue weighted by Gasteiger charge is 2.15. The Balaban J connectivity index is 1.91. The first-order valence-corrected chi connectivity index (χ1v) is 6.49. The Hall–Kier alpha value is -0.720. The van der Waals surface area contributed by atoms with Gasteiger partial charge >= 0.3 is 6.61 Å². The summed E-state index contributed by atoms with van der Waals surface area (Å²) in [4.78, 5) is 0. The van der Waals surface area contributed by atoms with Crippen LogP contribution in [0.4, 0.5) is 8.78 Å². The zero-order valence-corrected chi connectivity index (χ0v) is 11.3. The van der Waals surface area contributed by atoms with Crippen molar-refractivity contribution in [1.29, 1.82) is 0 Å². The van der Waals surface area contributed by atoms with E-state index in [1.807, 2.05) is 0 Å². The van der Waals surface area contributed by atoms with Crippen LogP contribution in [0.2, 0.25) is 0 Å².